The van der Waals surface area contributed by atoms with Gasteiger partial charge < -0.3 is 20.5 Å². The Balaban J connectivity index is 1.74. The molecule has 17 heavy (non-hydrogen) atoms. The molecule has 1 heterocycles. The molecule has 0 aromatic carbocycles. The first-order valence-electron chi connectivity index (χ1n) is 6.74. The monoisotopic (exact) mass is 242 g/mol. The minimum absolute atomic E-state index is 0.202. The predicted molar refractivity (Wildman–Crippen MR) is 67.9 cm³/mol. The van der Waals surface area contributed by atoms with Crippen molar-refractivity contribution in [2.75, 3.05) is 26.4 Å². The van der Waals surface area contributed by atoms with E-state index in [4.69, 9.17) is 15.2 Å². The van der Waals surface area contributed by atoms with Gasteiger partial charge in [-0.15, -0.1) is 0 Å². The van der Waals surface area contributed by atoms with E-state index in [0.29, 0.717) is 24.7 Å². The van der Waals surface area contributed by atoms with Crippen molar-refractivity contribution in [1.82, 2.24) is 5.32 Å². The molecule has 0 radical (unpaired) electrons. The number of hydrogen-bond donors (Lipinski definition) is 2. The van der Waals surface area contributed by atoms with Crippen molar-refractivity contribution in [2.45, 2.75) is 45.4 Å². The number of nitrogens with one attached hydrogen (secondary N) is 1. The molecule has 1 saturated carbocycles. The number of hydrogen-bond acceptors (Lipinski definition) is 4. The third-order valence-electron chi connectivity index (χ3n) is 4.42. The molecule has 0 bridgehead atoms. The second kappa shape index (κ2) is 5.22. The summed E-state index contributed by atoms with van der Waals surface area (Å²) in [5.74, 6) is 0.469. The van der Waals surface area contributed by atoms with Gasteiger partial charge in [-0.05, 0) is 13.3 Å². The van der Waals surface area contributed by atoms with E-state index < -0.39 is 0 Å². The van der Waals surface area contributed by atoms with E-state index >= 15 is 0 Å². The Kier molecular flexibility index (Phi) is 4.08. The van der Waals surface area contributed by atoms with Crippen LogP contribution in [0.15, 0.2) is 0 Å². The van der Waals surface area contributed by atoms with E-state index in [0.717, 1.165) is 26.2 Å². The van der Waals surface area contributed by atoms with Gasteiger partial charge in [-0.25, -0.2) is 0 Å². The lowest BCUT2D eigenvalue weighted by atomic mass is 9.64. The lowest BCUT2D eigenvalue weighted by molar-refractivity contribution is -0.114. The molecular weight excluding hydrogens is 216 g/mol. The first kappa shape index (κ1) is 13.3. The maximum Gasteiger partial charge on any atom is 0.0655 e. The molecule has 4 heteroatoms. The highest BCUT2D eigenvalue weighted by Crippen LogP contribution is 2.42. The van der Waals surface area contributed by atoms with Crippen LogP contribution in [0.2, 0.25) is 0 Å². The summed E-state index contributed by atoms with van der Waals surface area (Å²) in [5.41, 5.74) is 6.21. The molecule has 1 aliphatic carbocycles. The van der Waals surface area contributed by atoms with E-state index in [2.05, 4.69) is 26.1 Å². The zero-order chi connectivity index (χ0) is 12.5. The minimum Gasteiger partial charge on any atom is -0.379 e. The highest BCUT2D eigenvalue weighted by molar-refractivity contribution is 5.03. The van der Waals surface area contributed by atoms with Gasteiger partial charge in [-0.2, -0.15) is 0 Å². The summed E-state index contributed by atoms with van der Waals surface area (Å²) in [4.78, 5) is 0. The molecule has 0 aromatic rings. The smallest absolute Gasteiger partial charge is 0.0655 e. The second-order valence-electron chi connectivity index (χ2n) is 5.92. The van der Waals surface area contributed by atoms with Gasteiger partial charge >= 0.3 is 0 Å². The summed E-state index contributed by atoms with van der Waals surface area (Å²) < 4.78 is 11.1. The van der Waals surface area contributed by atoms with Gasteiger partial charge in [-0.3, -0.25) is 0 Å². The van der Waals surface area contributed by atoms with Crippen molar-refractivity contribution in [3.05, 3.63) is 0 Å². The van der Waals surface area contributed by atoms with Crippen LogP contribution in [0, 0.1) is 11.3 Å². The quantitative estimate of drug-likeness (QED) is 0.747. The molecule has 1 aliphatic heterocycles. The summed E-state index contributed by atoms with van der Waals surface area (Å²) in [6.45, 7) is 9.90. The van der Waals surface area contributed by atoms with Crippen LogP contribution < -0.4 is 11.1 Å². The van der Waals surface area contributed by atoms with Gasteiger partial charge in [0.1, 0.15) is 0 Å². The molecule has 100 valence electrons. The fourth-order valence-corrected chi connectivity index (χ4v) is 2.83. The highest BCUT2D eigenvalue weighted by Gasteiger charge is 2.48. The van der Waals surface area contributed by atoms with E-state index in [1.807, 2.05) is 0 Å². The summed E-state index contributed by atoms with van der Waals surface area (Å²) in [6, 6.07) is 0.750. The summed E-state index contributed by atoms with van der Waals surface area (Å²) in [7, 11) is 0. The lowest BCUT2D eigenvalue weighted by Gasteiger charge is -2.52. The summed E-state index contributed by atoms with van der Waals surface area (Å²) >= 11 is 0. The Bertz CT molecular complexity index is 258. The maximum absolute atomic E-state index is 5.98. The first-order chi connectivity index (χ1) is 8.05. The molecular formula is C13H26N2O2. The van der Waals surface area contributed by atoms with E-state index in [1.54, 1.807) is 0 Å². The van der Waals surface area contributed by atoms with Crippen molar-refractivity contribution >= 4 is 0 Å². The average molecular weight is 242 g/mol. The van der Waals surface area contributed by atoms with Crippen LogP contribution in [0.5, 0.6) is 0 Å². The molecule has 4 atom stereocenters. The van der Waals surface area contributed by atoms with Gasteiger partial charge in [-0.1, -0.05) is 13.8 Å². The summed E-state index contributed by atoms with van der Waals surface area (Å²) in [6.07, 6.45) is 1.52. The Morgan fingerprint density at radius 1 is 1.41 bits per heavy atom. The fourth-order valence-electron chi connectivity index (χ4n) is 2.83. The van der Waals surface area contributed by atoms with Gasteiger partial charge in [0.2, 0.25) is 0 Å². The first-order valence-corrected chi connectivity index (χ1v) is 6.74. The van der Waals surface area contributed by atoms with E-state index in [1.165, 1.54) is 0 Å². The van der Waals surface area contributed by atoms with Crippen LogP contribution in [0.4, 0.5) is 0 Å². The minimum atomic E-state index is 0.202. The third kappa shape index (κ3) is 2.65. The standard InChI is InChI=1S/C13H26N2O2/c1-4-17-12-5-11(13(12,2)3)15-6-9-7-16-8-10(9)14/h9-12,15H,4-8,14H2,1-3H3. The third-order valence-corrected chi connectivity index (χ3v) is 4.42. The largest absolute Gasteiger partial charge is 0.379 e. The van der Waals surface area contributed by atoms with Crippen LogP contribution in [-0.2, 0) is 9.47 Å². The molecule has 4 nitrogen and oxygen atoms in total. The normalized spacial score (nSPS) is 40.2. The van der Waals surface area contributed by atoms with Gasteiger partial charge in [0, 0.05) is 36.6 Å². The number of rotatable bonds is 5. The molecule has 4 unspecified atom stereocenters. The Morgan fingerprint density at radius 3 is 2.71 bits per heavy atom. The topological polar surface area (TPSA) is 56.5 Å². The van der Waals surface area contributed by atoms with Crippen molar-refractivity contribution in [3.63, 3.8) is 0 Å². The number of ether oxygens (including phenoxy) is 2. The Labute approximate surface area is 104 Å². The van der Waals surface area contributed by atoms with Gasteiger partial charge in [0.15, 0.2) is 0 Å². The van der Waals surface area contributed by atoms with Crippen molar-refractivity contribution in [3.8, 4) is 0 Å². The lowest BCUT2D eigenvalue weighted by Crippen LogP contribution is -2.61. The van der Waals surface area contributed by atoms with Crippen molar-refractivity contribution in [2.24, 2.45) is 17.1 Å². The molecule has 3 N–H and O–H groups in total. The van der Waals surface area contributed by atoms with Crippen LogP contribution in [0.3, 0.4) is 0 Å². The molecule has 2 fully saturated rings. The maximum atomic E-state index is 5.98. The molecule has 0 aromatic heterocycles. The SMILES string of the molecule is CCOC1CC(NCC2COCC2N)C1(C)C. The summed E-state index contributed by atoms with van der Waals surface area (Å²) in [5, 5.41) is 3.63. The van der Waals surface area contributed by atoms with Gasteiger partial charge in [0.25, 0.3) is 0 Å². The van der Waals surface area contributed by atoms with Crippen molar-refractivity contribution < 1.29 is 9.47 Å². The van der Waals surface area contributed by atoms with Crippen LogP contribution in [0.1, 0.15) is 27.2 Å². The fraction of sp³-hybridized carbons (Fsp3) is 1.00. The van der Waals surface area contributed by atoms with E-state index in [-0.39, 0.29) is 11.5 Å². The molecule has 0 spiro atoms. The average Bonchev–Trinajstić information content (AvgIpc) is 2.68. The molecule has 2 rings (SSSR count). The zero-order valence-corrected chi connectivity index (χ0v) is 11.2. The van der Waals surface area contributed by atoms with Crippen molar-refractivity contribution in [1.29, 1.82) is 0 Å². The molecule has 0 amide bonds. The predicted octanol–water partition coefficient (Wildman–Crippen LogP) is 0.753. The number of nitrogens with two attached hydrogens (primary N) is 1. The van der Waals surface area contributed by atoms with Gasteiger partial charge in [0.05, 0.1) is 19.3 Å². The van der Waals surface area contributed by atoms with Crippen LogP contribution >= 0.6 is 0 Å². The zero-order valence-electron chi connectivity index (χ0n) is 11.2. The Hall–Kier alpha value is -0.160. The second-order valence-corrected chi connectivity index (χ2v) is 5.92. The Morgan fingerprint density at radius 2 is 2.18 bits per heavy atom. The highest BCUT2D eigenvalue weighted by atomic mass is 16.5. The molecule has 1 saturated heterocycles. The van der Waals surface area contributed by atoms with Crippen LogP contribution in [0.25, 0.3) is 0 Å². The molecule has 2 aliphatic rings. The van der Waals surface area contributed by atoms with E-state index in [9.17, 15) is 0 Å². The van der Waals surface area contributed by atoms with Crippen LogP contribution in [-0.4, -0.2) is 44.6 Å².